The van der Waals surface area contributed by atoms with Gasteiger partial charge in [0.2, 0.25) is 0 Å². The quantitative estimate of drug-likeness (QED) is 0.534. The zero-order valence-corrected chi connectivity index (χ0v) is 18.9. The molecule has 1 unspecified atom stereocenters. The number of unbranched alkanes of at least 4 members (excludes halogenated alkanes) is 1. The monoisotopic (exact) mass is 461 g/mol. The van der Waals surface area contributed by atoms with E-state index in [0.717, 1.165) is 17.5 Å². The number of nitrogens with two attached hydrogens (primary N) is 1. The molecule has 0 saturated heterocycles. The zero-order valence-electron chi connectivity index (χ0n) is 18.9. The van der Waals surface area contributed by atoms with E-state index >= 15 is 0 Å². The van der Waals surface area contributed by atoms with Gasteiger partial charge in [-0.15, -0.1) is 0 Å². The smallest absolute Gasteiger partial charge is 0.330 e. The molecular weight excluding hydrogens is 434 g/mol. The summed E-state index contributed by atoms with van der Waals surface area (Å²) in [6.07, 6.45) is 1.39. The minimum Gasteiger partial charge on any atom is -0.387 e. The number of hydrogen-bond acceptors (Lipinski definition) is 6. The number of carbonyl (C=O) groups excluding carboxylic acids is 1. The Balaban J connectivity index is 1.72. The van der Waals surface area contributed by atoms with Crippen LogP contribution in [0.25, 0.3) is 0 Å². The average molecular weight is 462 g/mol. The number of H-pyrrole nitrogens is 1. The normalized spacial score (nSPS) is 15.0. The molecule has 9 heteroatoms. The Kier molecular flexibility index (Phi) is 6.91. The molecular formula is C25H27N5O4. The standard InChI is InChI=1S/C25H27N5O4/c1-2-3-14-29-22(26)21(23(31)27-25(29)33)30(16-17-10-6-4-7-11-17)24(32)19-15-20(34-28-19)18-12-8-5-9-13-18/h4-13,20H,2-3,14-16,26H2,1H3,(H,27,31,33). The van der Waals surface area contributed by atoms with Gasteiger partial charge in [0.05, 0.1) is 6.54 Å². The van der Waals surface area contributed by atoms with Gasteiger partial charge < -0.3 is 10.6 Å². The maximum Gasteiger partial charge on any atom is 0.330 e. The van der Waals surface area contributed by atoms with E-state index < -0.39 is 23.3 Å². The first-order valence-electron chi connectivity index (χ1n) is 11.3. The van der Waals surface area contributed by atoms with Crippen LogP contribution in [0.2, 0.25) is 0 Å². The first kappa shape index (κ1) is 23.0. The number of amides is 1. The number of nitrogen functional groups attached to an aromatic ring is 1. The molecule has 3 N–H and O–H groups in total. The maximum absolute atomic E-state index is 13.7. The number of anilines is 2. The minimum absolute atomic E-state index is 0.0504. The molecule has 2 heterocycles. The van der Waals surface area contributed by atoms with E-state index in [4.69, 9.17) is 10.6 Å². The number of aromatic amines is 1. The second-order valence-electron chi connectivity index (χ2n) is 8.12. The molecule has 1 aliphatic rings. The minimum atomic E-state index is -0.723. The molecule has 1 atom stereocenters. The summed E-state index contributed by atoms with van der Waals surface area (Å²) in [5.74, 6) is -0.550. The Morgan fingerprint density at radius 1 is 1.15 bits per heavy atom. The Morgan fingerprint density at radius 2 is 1.82 bits per heavy atom. The Bertz CT molecular complexity index is 1300. The number of rotatable bonds is 8. The summed E-state index contributed by atoms with van der Waals surface area (Å²) in [7, 11) is 0. The van der Waals surface area contributed by atoms with Crippen molar-refractivity contribution in [2.24, 2.45) is 5.16 Å². The molecule has 1 amide bonds. The number of nitrogens with zero attached hydrogens (tertiary/aromatic N) is 3. The van der Waals surface area contributed by atoms with Crippen molar-refractivity contribution in [2.45, 2.75) is 45.4 Å². The van der Waals surface area contributed by atoms with Gasteiger partial charge >= 0.3 is 5.69 Å². The van der Waals surface area contributed by atoms with Crippen LogP contribution >= 0.6 is 0 Å². The number of aromatic nitrogens is 2. The second-order valence-corrected chi connectivity index (χ2v) is 8.12. The summed E-state index contributed by atoms with van der Waals surface area (Å²) in [5.41, 5.74) is 6.78. The molecule has 1 aromatic heterocycles. The van der Waals surface area contributed by atoms with Gasteiger partial charge in [0.25, 0.3) is 11.5 Å². The lowest BCUT2D eigenvalue weighted by molar-refractivity contribution is -0.112. The predicted molar refractivity (Wildman–Crippen MR) is 131 cm³/mol. The van der Waals surface area contributed by atoms with Crippen molar-refractivity contribution in [2.75, 3.05) is 10.6 Å². The largest absolute Gasteiger partial charge is 0.387 e. The lowest BCUT2D eigenvalue weighted by Crippen LogP contribution is -2.43. The molecule has 0 bridgehead atoms. The van der Waals surface area contributed by atoms with Crippen molar-refractivity contribution in [3.8, 4) is 0 Å². The summed E-state index contributed by atoms with van der Waals surface area (Å²) in [5, 5.41) is 4.03. The van der Waals surface area contributed by atoms with Crippen LogP contribution in [-0.4, -0.2) is 21.2 Å². The third-order valence-electron chi connectivity index (χ3n) is 5.74. The van der Waals surface area contributed by atoms with Crippen LogP contribution < -0.4 is 21.9 Å². The fraction of sp³-hybridized carbons (Fsp3) is 0.280. The molecule has 0 saturated carbocycles. The van der Waals surface area contributed by atoms with E-state index in [1.807, 2.05) is 67.6 Å². The van der Waals surface area contributed by atoms with Crippen LogP contribution in [-0.2, 0) is 22.7 Å². The summed E-state index contributed by atoms with van der Waals surface area (Å²) in [4.78, 5) is 48.1. The molecule has 4 rings (SSSR count). The molecule has 9 nitrogen and oxygen atoms in total. The molecule has 176 valence electrons. The van der Waals surface area contributed by atoms with Crippen LogP contribution in [0.5, 0.6) is 0 Å². The lowest BCUT2D eigenvalue weighted by atomic mass is 10.0. The van der Waals surface area contributed by atoms with Gasteiger partial charge in [-0.1, -0.05) is 79.2 Å². The number of hydrogen-bond donors (Lipinski definition) is 2. The van der Waals surface area contributed by atoms with E-state index in [1.54, 1.807) is 0 Å². The number of nitrogens with one attached hydrogen (secondary N) is 1. The van der Waals surface area contributed by atoms with Crippen LogP contribution in [0.1, 0.15) is 43.4 Å². The second kappa shape index (κ2) is 10.2. The van der Waals surface area contributed by atoms with E-state index in [0.29, 0.717) is 13.0 Å². The molecule has 0 aliphatic carbocycles. The van der Waals surface area contributed by atoms with Crippen LogP contribution in [0.4, 0.5) is 11.5 Å². The molecule has 3 aromatic rings. The zero-order chi connectivity index (χ0) is 24.1. The summed E-state index contributed by atoms with van der Waals surface area (Å²) in [6, 6.07) is 18.7. The van der Waals surface area contributed by atoms with Gasteiger partial charge in [0.15, 0.2) is 11.8 Å². The molecule has 1 aliphatic heterocycles. The number of oxime groups is 1. The highest BCUT2D eigenvalue weighted by Crippen LogP contribution is 2.29. The first-order valence-corrected chi connectivity index (χ1v) is 11.3. The molecule has 0 spiro atoms. The van der Waals surface area contributed by atoms with E-state index in [2.05, 4.69) is 10.1 Å². The van der Waals surface area contributed by atoms with Crippen molar-refractivity contribution in [1.82, 2.24) is 9.55 Å². The van der Waals surface area contributed by atoms with Crippen molar-refractivity contribution >= 4 is 23.1 Å². The van der Waals surface area contributed by atoms with Gasteiger partial charge in [0, 0.05) is 13.0 Å². The third-order valence-corrected chi connectivity index (χ3v) is 5.74. The van der Waals surface area contributed by atoms with E-state index in [9.17, 15) is 14.4 Å². The Labute approximate surface area is 196 Å². The van der Waals surface area contributed by atoms with Gasteiger partial charge in [-0.2, -0.15) is 0 Å². The Morgan fingerprint density at radius 3 is 2.50 bits per heavy atom. The summed E-state index contributed by atoms with van der Waals surface area (Å²) >= 11 is 0. The SMILES string of the molecule is CCCCn1c(N)c(N(Cc2ccccc2)C(=O)C2=NOC(c3ccccc3)C2)c(=O)[nH]c1=O. The average Bonchev–Trinajstić information content (AvgIpc) is 3.34. The lowest BCUT2D eigenvalue weighted by Gasteiger charge is -2.24. The Hall–Kier alpha value is -4.14. The number of benzene rings is 2. The highest BCUT2D eigenvalue weighted by atomic mass is 16.6. The molecule has 2 aromatic carbocycles. The van der Waals surface area contributed by atoms with Gasteiger partial charge in [-0.3, -0.25) is 24.0 Å². The summed E-state index contributed by atoms with van der Waals surface area (Å²) < 4.78 is 1.30. The van der Waals surface area contributed by atoms with E-state index in [-0.39, 0.29) is 30.2 Å². The molecule has 0 fully saturated rings. The van der Waals surface area contributed by atoms with Crippen molar-refractivity contribution in [3.05, 3.63) is 92.6 Å². The van der Waals surface area contributed by atoms with Crippen LogP contribution in [0.3, 0.4) is 0 Å². The highest BCUT2D eigenvalue weighted by Gasteiger charge is 2.33. The van der Waals surface area contributed by atoms with Gasteiger partial charge in [-0.25, -0.2) is 4.79 Å². The van der Waals surface area contributed by atoms with Crippen molar-refractivity contribution in [1.29, 1.82) is 0 Å². The third kappa shape index (κ3) is 4.78. The molecule has 34 heavy (non-hydrogen) atoms. The van der Waals surface area contributed by atoms with Crippen LogP contribution in [0, 0.1) is 0 Å². The summed E-state index contributed by atoms with van der Waals surface area (Å²) in [6.45, 7) is 2.40. The van der Waals surface area contributed by atoms with Gasteiger partial charge in [-0.05, 0) is 17.5 Å². The van der Waals surface area contributed by atoms with E-state index in [1.165, 1.54) is 9.47 Å². The molecule has 0 radical (unpaired) electrons. The van der Waals surface area contributed by atoms with Gasteiger partial charge in [0.1, 0.15) is 11.5 Å². The fourth-order valence-corrected chi connectivity index (χ4v) is 3.90. The maximum atomic E-state index is 13.7. The van der Waals surface area contributed by atoms with Crippen molar-refractivity contribution < 1.29 is 9.63 Å². The fourth-order valence-electron chi connectivity index (χ4n) is 3.90. The topological polar surface area (TPSA) is 123 Å². The first-order chi connectivity index (χ1) is 16.5. The van der Waals surface area contributed by atoms with Crippen LogP contribution in [0.15, 0.2) is 75.4 Å². The predicted octanol–water partition coefficient (Wildman–Crippen LogP) is 2.97. The highest BCUT2D eigenvalue weighted by molar-refractivity contribution is 6.44. The number of carbonyl (C=O) groups is 1. The van der Waals surface area contributed by atoms with Crippen molar-refractivity contribution in [3.63, 3.8) is 0 Å².